The van der Waals surface area contributed by atoms with Crippen molar-refractivity contribution in [1.29, 1.82) is 0 Å². The van der Waals surface area contributed by atoms with Crippen LogP contribution in [-0.2, 0) is 13.5 Å². The maximum atomic E-state index is 12.7. The molecule has 0 saturated carbocycles. The minimum atomic E-state index is -0.0958. The highest BCUT2D eigenvalue weighted by Crippen LogP contribution is 2.25. The summed E-state index contributed by atoms with van der Waals surface area (Å²) >= 11 is 1.63. The van der Waals surface area contributed by atoms with Crippen LogP contribution in [-0.4, -0.2) is 39.6 Å². The molecule has 4 rings (SSSR count). The summed E-state index contributed by atoms with van der Waals surface area (Å²) in [5.74, 6) is 0.564. The van der Waals surface area contributed by atoms with Crippen LogP contribution in [0.3, 0.4) is 0 Å². The van der Waals surface area contributed by atoms with E-state index < -0.39 is 0 Å². The van der Waals surface area contributed by atoms with Gasteiger partial charge in [-0.2, -0.15) is 0 Å². The predicted octanol–water partition coefficient (Wildman–Crippen LogP) is 2.77. The molecule has 0 unspecified atom stereocenters. The van der Waals surface area contributed by atoms with Crippen LogP contribution >= 0.6 is 11.3 Å². The van der Waals surface area contributed by atoms with Crippen LogP contribution in [0.2, 0.25) is 0 Å². The summed E-state index contributed by atoms with van der Waals surface area (Å²) in [6.45, 7) is 4.99. The molecule has 0 bridgehead atoms. The second kappa shape index (κ2) is 6.81. The van der Waals surface area contributed by atoms with Gasteiger partial charge in [0, 0.05) is 24.4 Å². The van der Waals surface area contributed by atoms with Crippen LogP contribution in [0, 0.1) is 6.92 Å². The molecule has 7 heteroatoms. The number of carbonyl (C=O) groups is 1. The van der Waals surface area contributed by atoms with Gasteiger partial charge in [-0.05, 0) is 37.6 Å². The summed E-state index contributed by atoms with van der Waals surface area (Å²) in [5.41, 5.74) is 2.37. The van der Waals surface area contributed by atoms with Crippen LogP contribution < -0.4 is 10.3 Å². The molecule has 0 N–H and O–H groups in total. The second-order valence-corrected chi connectivity index (χ2v) is 7.94. The van der Waals surface area contributed by atoms with Crippen LogP contribution in [0.4, 0.5) is 0 Å². The number of benzene rings is 1. The van der Waals surface area contributed by atoms with E-state index in [1.54, 1.807) is 27.9 Å². The summed E-state index contributed by atoms with van der Waals surface area (Å²) < 4.78 is 8.47. The fraction of sp³-hybridized carbons (Fsp3) is 0.350. The summed E-state index contributed by atoms with van der Waals surface area (Å²) in [4.78, 5) is 30.9. The zero-order valence-electron chi connectivity index (χ0n) is 15.6. The quantitative estimate of drug-likeness (QED) is 0.695. The smallest absolute Gasteiger partial charge is 0.254 e. The summed E-state index contributed by atoms with van der Waals surface area (Å²) in [7, 11) is 1.73. The third-order valence-electron chi connectivity index (χ3n) is 4.90. The Hall–Kier alpha value is -2.67. The van der Waals surface area contributed by atoms with E-state index in [9.17, 15) is 9.59 Å². The van der Waals surface area contributed by atoms with E-state index in [-0.39, 0.29) is 17.6 Å². The Morgan fingerprint density at radius 1 is 1.30 bits per heavy atom. The first-order chi connectivity index (χ1) is 12.9. The number of aryl methyl sites for hydroxylation is 2. The van der Waals surface area contributed by atoms with Crippen molar-refractivity contribution in [3.8, 4) is 5.75 Å². The predicted molar refractivity (Wildman–Crippen MR) is 106 cm³/mol. The monoisotopic (exact) mass is 383 g/mol. The van der Waals surface area contributed by atoms with Gasteiger partial charge in [-0.1, -0.05) is 6.92 Å². The van der Waals surface area contributed by atoms with Crippen LogP contribution in [0.25, 0.3) is 10.2 Å². The Labute approximate surface area is 161 Å². The van der Waals surface area contributed by atoms with E-state index in [2.05, 4.69) is 11.9 Å². The summed E-state index contributed by atoms with van der Waals surface area (Å²) in [5, 5.41) is 1.08. The van der Waals surface area contributed by atoms with Gasteiger partial charge in [0.2, 0.25) is 0 Å². The van der Waals surface area contributed by atoms with Gasteiger partial charge >= 0.3 is 0 Å². The van der Waals surface area contributed by atoms with E-state index in [1.807, 2.05) is 31.2 Å². The maximum absolute atomic E-state index is 12.7. The molecule has 3 aromatic rings. The molecule has 27 heavy (non-hydrogen) atoms. The minimum Gasteiger partial charge on any atom is -0.486 e. The van der Waals surface area contributed by atoms with Crippen LogP contribution in [0.1, 0.15) is 28.0 Å². The number of pyridine rings is 1. The van der Waals surface area contributed by atoms with E-state index in [0.29, 0.717) is 24.4 Å². The molecule has 1 aromatic carbocycles. The van der Waals surface area contributed by atoms with Gasteiger partial charge in [0.15, 0.2) is 0 Å². The Kier molecular flexibility index (Phi) is 4.47. The lowest BCUT2D eigenvalue weighted by Gasteiger charge is -2.39. The molecule has 2 aromatic heterocycles. The van der Waals surface area contributed by atoms with Crippen molar-refractivity contribution in [2.45, 2.75) is 26.4 Å². The van der Waals surface area contributed by atoms with E-state index in [0.717, 1.165) is 27.3 Å². The highest BCUT2D eigenvalue weighted by Gasteiger charge is 2.33. The molecule has 0 aliphatic carbocycles. The fourth-order valence-electron chi connectivity index (χ4n) is 3.11. The van der Waals surface area contributed by atoms with Gasteiger partial charge in [0.25, 0.3) is 11.5 Å². The number of ether oxygens (including phenoxy) is 1. The van der Waals surface area contributed by atoms with Crippen molar-refractivity contribution in [3.63, 3.8) is 0 Å². The molecule has 1 aliphatic heterocycles. The molecule has 3 heterocycles. The maximum Gasteiger partial charge on any atom is 0.254 e. The lowest BCUT2D eigenvalue weighted by molar-refractivity contribution is 0.0177. The number of fused-ring (bicyclic) bond motifs is 1. The van der Waals surface area contributed by atoms with Crippen molar-refractivity contribution in [2.75, 3.05) is 13.1 Å². The number of nitrogens with zero attached hydrogens (tertiary/aromatic N) is 3. The molecule has 1 saturated heterocycles. The summed E-state index contributed by atoms with van der Waals surface area (Å²) in [6, 6.07) is 9.00. The fourth-order valence-corrected chi connectivity index (χ4v) is 4.06. The molecular formula is C20H21N3O3S. The first-order valence-electron chi connectivity index (χ1n) is 8.97. The number of thiazole rings is 1. The summed E-state index contributed by atoms with van der Waals surface area (Å²) in [6.07, 6.45) is 0.815. The topological polar surface area (TPSA) is 64.4 Å². The van der Waals surface area contributed by atoms with Gasteiger partial charge < -0.3 is 14.2 Å². The molecule has 1 aliphatic rings. The van der Waals surface area contributed by atoms with Crippen molar-refractivity contribution < 1.29 is 9.53 Å². The number of amides is 1. The third-order valence-corrected chi connectivity index (χ3v) is 6.06. The van der Waals surface area contributed by atoms with Gasteiger partial charge in [-0.25, -0.2) is 4.98 Å². The van der Waals surface area contributed by atoms with Gasteiger partial charge in [-0.15, -0.1) is 11.3 Å². The number of hydrogen-bond donors (Lipinski definition) is 0. The number of rotatable bonds is 4. The lowest BCUT2D eigenvalue weighted by atomic mass is 10.1. The van der Waals surface area contributed by atoms with E-state index in [1.165, 1.54) is 6.07 Å². The number of likely N-dealkylation sites (tertiary alicyclic amines) is 1. The van der Waals surface area contributed by atoms with E-state index >= 15 is 0 Å². The Balaban J connectivity index is 1.42. The van der Waals surface area contributed by atoms with Crippen molar-refractivity contribution in [3.05, 3.63) is 57.0 Å². The van der Waals surface area contributed by atoms with Crippen LogP contribution in [0.15, 0.2) is 35.1 Å². The molecular weight excluding hydrogens is 362 g/mol. The largest absolute Gasteiger partial charge is 0.486 e. The number of carbonyl (C=O) groups excluding carboxylic acids is 1. The number of aromatic nitrogens is 2. The lowest BCUT2D eigenvalue weighted by Crippen LogP contribution is -2.56. The number of hydrogen-bond acceptors (Lipinski definition) is 5. The zero-order chi connectivity index (χ0) is 19.1. The van der Waals surface area contributed by atoms with Gasteiger partial charge in [-0.3, -0.25) is 9.59 Å². The Bertz CT molecular complexity index is 1080. The van der Waals surface area contributed by atoms with Gasteiger partial charge in [0.05, 0.1) is 28.3 Å². The first kappa shape index (κ1) is 17.7. The third kappa shape index (κ3) is 3.35. The Morgan fingerprint density at radius 3 is 2.78 bits per heavy atom. The molecule has 0 spiro atoms. The highest BCUT2D eigenvalue weighted by molar-refractivity contribution is 7.18. The SMILES string of the molecule is CCc1nc2ccc(C(=O)N3CC(Oc4cc(C)n(C)c(=O)c4)C3)cc2s1. The molecule has 0 radical (unpaired) electrons. The molecule has 6 nitrogen and oxygen atoms in total. The van der Waals surface area contributed by atoms with Crippen molar-refractivity contribution in [1.82, 2.24) is 14.5 Å². The van der Waals surface area contributed by atoms with Crippen molar-refractivity contribution >= 4 is 27.5 Å². The average Bonchev–Trinajstić information content (AvgIpc) is 3.04. The Morgan fingerprint density at radius 2 is 2.07 bits per heavy atom. The first-order valence-corrected chi connectivity index (χ1v) is 9.79. The minimum absolute atomic E-state index is 0.00311. The van der Waals surface area contributed by atoms with Crippen LogP contribution in [0.5, 0.6) is 5.75 Å². The molecule has 1 amide bonds. The highest BCUT2D eigenvalue weighted by atomic mass is 32.1. The second-order valence-electron chi connectivity index (χ2n) is 6.82. The zero-order valence-corrected chi connectivity index (χ0v) is 16.4. The molecule has 1 fully saturated rings. The normalized spacial score (nSPS) is 14.4. The van der Waals surface area contributed by atoms with E-state index in [4.69, 9.17) is 4.74 Å². The van der Waals surface area contributed by atoms with Crippen molar-refractivity contribution in [2.24, 2.45) is 7.05 Å². The molecule has 140 valence electrons. The van der Waals surface area contributed by atoms with Gasteiger partial charge in [0.1, 0.15) is 11.9 Å². The molecule has 0 atom stereocenters. The standard InChI is InChI=1S/C20H21N3O3S/c1-4-18-21-16-6-5-13(8-17(16)27-18)20(25)23-10-15(11-23)26-14-7-12(2)22(3)19(24)9-14/h5-9,15H,4,10-11H2,1-3H3. The average molecular weight is 383 g/mol.